The van der Waals surface area contributed by atoms with Crippen molar-refractivity contribution in [1.82, 2.24) is 0 Å². The molecular weight excluding hydrogens is 252 g/mol. The van der Waals surface area contributed by atoms with Crippen molar-refractivity contribution in [2.45, 2.75) is 19.5 Å². The summed E-state index contributed by atoms with van der Waals surface area (Å²) in [7, 11) is 0. The van der Waals surface area contributed by atoms with Crippen LogP contribution < -0.4 is 4.74 Å². The minimum absolute atomic E-state index is 0.0685. The van der Waals surface area contributed by atoms with Crippen molar-refractivity contribution >= 4 is 11.9 Å². The summed E-state index contributed by atoms with van der Waals surface area (Å²) in [4.78, 5) is 22.1. The molecule has 0 unspecified atom stereocenters. The van der Waals surface area contributed by atoms with Crippen LogP contribution in [0.3, 0.4) is 0 Å². The highest BCUT2D eigenvalue weighted by atomic mass is 16.5. The van der Waals surface area contributed by atoms with Gasteiger partial charge in [-0.3, -0.25) is 4.79 Å². The molecule has 0 bridgehead atoms. The number of hydrogen-bond donors (Lipinski definition) is 1. The lowest BCUT2D eigenvalue weighted by Crippen LogP contribution is -2.18. The Morgan fingerprint density at radius 1 is 1.26 bits per heavy atom. The standard InChI is InChI=1S/C11H10N4O4/c1-6(16)19-7-3-4-9(8(5-7)10(17)18)11(2)12-14-15-13-11/h3-5H,1-2H3,(H,17,18). The summed E-state index contributed by atoms with van der Waals surface area (Å²) in [5.41, 5.74) is -0.912. The molecule has 0 saturated heterocycles. The Morgan fingerprint density at radius 2 is 1.89 bits per heavy atom. The molecule has 98 valence electrons. The maximum absolute atomic E-state index is 11.3. The van der Waals surface area contributed by atoms with Crippen molar-refractivity contribution in [3.63, 3.8) is 0 Å². The van der Waals surface area contributed by atoms with Gasteiger partial charge in [-0.15, -0.1) is 10.2 Å². The normalized spacial score (nSPS) is 15.5. The number of ether oxygens (including phenoxy) is 1. The molecular formula is C11H10N4O4. The number of benzene rings is 1. The molecule has 0 saturated carbocycles. The van der Waals surface area contributed by atoms with E-state index in [0.29, 0.717) is 5.56 Å². The molecule has 0 fully saturated rings. The summed E-state index contributed by atoms with van der Waals surface area (Å²) in [6.45, 7) is 2.81. The molecule has 1 heterocycles. The molecule has 1 aromatic rings. The first-order valence-electron chi connectivity index (χ1n) is 5.33. The number of esters is 1. The Labute approximate surface area is 107 Å². The van der Waals surface area contributed by atoms with Crippen molar-refractivity contribution < 1.29 is 19.4 Å². The van der Waals surface area contributed by atoms with Gasteiger partial charge in [0.15, 0.2) is 0 Å². The highest BCUT2D eigenvalue weighted by Gasteiger charge is 2.34. The molecule has 0 aliphatic carbocycles. The number of carboxylic acids is 1. The van der Waals surface area contributed by atoms with Gasteiger partial charge in [0.05, 0.1) is 5.56 Å². The number of hydrogen-bond acceptors (Lipinski definition) is 7. The van der Waals surface area contributed by atoms with E-state index >= 15 is 0 Å². The van der Waals surface area contributed by atoms with Crippen LogP contribution in [-0.4, -0.2) is 17.0 Å². The van der Waals surface area contributed by atoms with Gasteiger partial charge in [-0.05, 0) is 35.6 Å². The molecule has 2 rings (SSSR count). The number of nitrogens with zero attached hydrogens (tertiary/aromatic N) is 4. The second-order valence-electron chi connectivity index (χ2n) is 4.01. The Hall–Kier alpha value is -2.64. The van der Waals surface area contributed by atoms with E-state index in [-0.39, 0.29) is 11.3 Å². The van der Waals surface area contributed by atoms with Gasteiger partial charge >= 0.3 is 11.9 Å². The first-order chi connectivity index (χ1) is 8.92. The molecule has 0 radical (unpaired) electrons. The molecule has 1 aromatic carbocycles. The molecule has 0 aromatic heterocycles. The number of rotatable bonds is 3. The predicted octanol–water partition coefficient (Wildman–Crippen LogP) is 2.32. The van der Waals surface area contributed by atoms with E-state index in [2.05, 4.69) is 20.7 Å². The largest absolute Gasteiger partial charge is 0.478 e. The van der Waals surface area contributed by atoms with Gasteiger partial charge in [0.2, 0.25) is 5.66 Å². The van der Waals surface area contributed by atoms with Crippen molar-refractivity contribution in [3.05, 3.63) is 29.3 Å². The molecule has 0 amide bonds. The van der Waals surface area contributed by atoms with Crippen LogP contribution in [0.4, 0.5) is 0 Å². The van der Waals surface area contributed by atoms with E-state index in [9.17, 15) is 14.7 Å². The summed E-state index contributed by atoms with van der Waals surface area (Å²) in [5.74, 6) is -1.57. The van der Waals surface area contributed by atoms with E-state index < -0.39 is 17.6 Å². The second kappa shape index (κ2) is 4.56. The first-order valence-corrected chi connectivity index (χ1v) is 5.33. The lowest BCUT2D eigenvalue weighted by atomic mass is 9.96. The van der Waals surface area contributed by atoms with E-state index in [4.69, 9.17) is 4.74 Å². The third-order valence-corrected chi connectivity index (χ3v) is 2.51. The van der Waals surface area contributed by atoms with Crippen molar-refractivity contribution in [2.24, 2.45) is 20.7 Å². The van der Waals surface area contributed by atoms with Gasteiger partial charge in [-0.2, -0.15) is 0 Å². The Kier molecular flexibility index (Phi) is 3.07. The Bertz CT molecular complexity index is 597. The van der Waals surface area contributed by atoms with E-state index in [1.165, 1.54) is 25.1 Å². The molecule has 1 aliphatic rings. The highest BCUT2D eigenvalue weighted by molar-refractivity contribution is 5.90. The van der Waals surface area contributed by atoms with Crippen molar-refractivity contribution in [2.75, 3.05) is 0 Å². The van der Waals surface area contributed by atoms with Crippen molar-refractivity contribution in [3.8, 4) is 5.75 Å². The van der Waals surface area contributed by atoms with Gasteiger partial charge in [0.1, 0.15) is 5.75 Å². The smallest absolute Gasteiger partial charge is 0.336 e. The number of carbonyl (C=O) groups is 2. The van der Waals surface area contributed by atoms with Gasteiger partial charge in [-0.25, -0.2) is 4.79 Å². The van der Waals surface area contributed by atoms with E-state index in [1.807, 2.05) is 0 Å². The van der Waals surface area contributed by atoms with Gasteiger partial charge < -0.3 is 9.84 Å². The fourth-order valence-electron chi connectivity index (χ4n) is 1.68. The molecule has 0 atom stereocenters. The number of aromatic carboxylic acids is 1. The Morgan fingerprint density at radius 3 is 2.42 bits per heavy atom. The summed E-state index contributed by atoms with van der Waals surface area (Å²) in [6, 6.07) is 4.19. The van der Waals surface area contributed by atoms with Crippen LogP contribution in [0.25, 0.3) is 0 Å². The highest BCUT2D eigenvalue weighted by Crippen LogP contribution is 2.35. The van der Waals surface area contributed by atoms with E-state index in [1.54, 1.807) is 6.92 Å². The average Bonchev–Trinajstić information content (AvgIpc) is 2.76. The number of carbonyl (C=O) groups excluding carboxylic acids is 1. The lowest BCUT2D eigenvalue weighted by molar-refractivity contribution is -0.131. The zero-order chi connectivity index (χ0) is 14.0. The third kappa shape index (κ3) is 2.46. The van der Waals surface area contributed by atoms with Gasteiger partial charge in [0.25, 0.3) is 0 Å². The maximum Gasteiger partial charge on any atom is 0.336 e. The summed E-state index contributed by atoms with van der Waals surface area (Å²) >= 11 is 0. The third-order valence-electron chi connectivity index (χ3n) is 2.51. The SMILES string of the molecule is CC(=O)Oc1ccc(C2(C)N=NN=N2)c(C(=O)O)c1. The molecule has 1 N–H and O–H groups in total. The molecule has 1 aliphatic heterocycles. The van der Waals surface area contributed by atoms with Crippen LogP contribution in [0.2, 0.25) is 0 Å². The van der Waals surface area contributed by atoms with Crippen LogP contribution in [0.1, 0.15) is 29.8 Å². The van der Waals surface area contributed by atoms with Crippen LogP contribution in [-0.2, 0) is 10.5 Å². The monoisotopic (exact) mass is 262 g/mol. The minimum atomic E-state index is -1.18. The summed E-state index contributed by atoms with van der Waals surface area (Å²) < 4.78 is 4.85. The molecule has 8 heteroatoms. The zero-order valence-electron chi connectivity index (χ0n) is 10.2. The maximum atomic E-state index is 11.3. The van der Waals surface area contributed by atoms with Crippen LogP contribution >= 0.6 is 0 Å². The van der Waals surface area contributed by atoms with Gasteiger partial charge in [0, 0.05) is 12.5 Å². The Balaban J connectivity index is 2.50. The fourth-order valence-corrected chi connectivity index (χ4v) is 1.68. The van der Waals surface area contributed by atoms with Crippen molar-refractivity contribution in [1.29, 1.82) is 0 Å². The van der Waals surface area contributed by atoms with Gasteiger partial charge in [-0.1, -0.05) is 0 Å². The molecule has 8 nitrogen and oxygen atoms in total. The average molecular weight is 262 g/mol. The van der Waals surface area contributed by atoms with E-state index in [0.717, 1.165) is 0 Å². The van der Waals surface area contributed by atoms with Crippen LogP contribution in [0, 0.1) is 0 Å². The quantitative estimate of drug-likeness (QED) is 0.664. The molecule has 19 heavy (non-hydrogen) atoms. The predicted molar refractivity (Wildman–Crippen MR) is 61.8 cm³/mol. The minimum Gasteiger partial charge on any atom is -0.478 e. The summed E-state index contributed by atoms with van der Waals surface area (Å²) in [6.07, 6.45) is 0. The topological polar surface area (TPSA) is 113 Å². The number of carboxylic acid groups (broad SMARTS) is 1. The van der Waals surface area contributed by atoms with Crippen LogP contribution in [0.15, 0.2) is 38.9 Å². The fraction of sp³-hybridized carbons (Fsp3) is 0.273. The second-order valence-corrected chi connectivity index (χ2v) is 4.01. The summed E-state index contributed by atoms with van der Waals surface area (Å²) in [5, 5.41) is 23.6. The molecule has 0 spiro atoms. The first kappa shape index (κ1) is 12.8. The zero-order valence-corrected chi connectivity index (χ0v) is 10.2. The lowest BCUT2D eigenvalue weighted by Gasteiger charge is -2.17. The van der Waals surface area contributed by atoms with Crippen LogP contribution in [0.5, 0.6) is 5.75 Å².